The summed E-state index contributed by atoms with van der Waals surface area (Å²) in [6.45, 7) is 0. The van der Waals surface area contributed by atoms with Crippen LogP contribution in [-0.4, -0.2) is 7.11 Å². The first-order valence-corrected chi connectivity index (χ1v) is 6.26. The molecule has 0 radical (unpaired) electrons. The summed E-state index contributed by atoms with van der Waals surface area (Å²) in [6.07, 6.45) is 0. The van der Waals surface area contributed by atoms with Gasteiger partial charge in [-0.1, -0.05) is 40.2 Å². The van der Waals surface area contributed by atoms with E-state index in [1.54, 1.807) is 19.2 Å². The number of methoxy groups -OCH3 is 1. The largest absolute Gasteiger partial charge is 0.496 e. The summed E-state index contributed by atoms with van der Waals surface area (Å²) >= 11 is 3.22. The number of hydrogen-bond donors (Lipinski definition) is 1. The molecule has 0 fully saturated rings. The van der Waals surface area contributed by atoms with Gasteiger partial charge in [0, 0.05) is 15.6 Å². The van der Waals surface area contributed by atoms with Crippen LogP contribution in [0.25, 0.3) is 0 Å². The van der Waals surface area contributed by atoms with Crippen molar-refractivity contribution in [1.82, 2.24) is 0 Å². The highest BCUT2D eigenvalue weighted by atomic mass is 79.9. The number of ether oxygens (including phenoxy) is 1. The van der Waals surface area contributed by atoms with Crippen LogP contribution in [0.5, 0.6) is 5.75 Å². The van der Waals surface area contributed by atoms with Gasteiger partial charge in [0.15, 0.2) is 0 Å². The summed E-state index contributed by atoms with van der Waals surface area (Å²) in [5.41, 5.74) is 7.32. The van der Waals surface area contributed by atoms with E-state index < -0.39 is 6.04 Å². The van der Waals surface area contributed by atoms with E-state index in [-0.39, 0.29) is 5.82 Å². The third kappa shape index (κ3) is 2.54. The summed E-state index contributed by atoms with van der Waals surface area (Å²) < 4.78 is 19.8. The van der Waals surface area contributed by atoms with Gasteiger partial charge < -0.3 is 10.5 Å². The van der Waals surface area contributed by atoms with E-state index in [1.807, 2.05) is 24.3 Å². The Bertz CT molecular complexity index is 559. The molecule has 0 aliphatic rings. The third-order valence-electron chi connectivity index (χ3n) is 2.77. The van der Waals surface area contributed by atoms with Crippen LogP contribution in [0.4, 0.5) is 4.39 Å². The van der Waals surface area contributed by atoms with Crippen molar-refractivity contribution in [2.45, 2.75) is 6.04 Å². The van der Waals surface area contributed by atoms with Crippen LogP contribution in [-0.2, 0) is 0 Å². The fourth-order valence-corrected chi connectivity index (χ4v) is 2.18. The lowest BCUT2D eigenvalue weighted by atomic mass is 9.98. The number of halogens is 2. The Hall–Kier alpha value is -1.39. The number of rotatable bonds is 3. The lowest BCUT2D eigenvalue weighted by Gasteiger charge is -2.16. The van der Waals surface area contributed by atoms with Gasteiger partial charge >= 0.3 is 0 Å². The molecule has 2 nitrogen and oxygen atoms in total. The number of hydrogen-bond acceptors (Lipinski definition) is 2. The molecule has 94 valence electrons. The summed E-state index contributed by atoms with van der Waals surface area (Å²) in [6, 6.07) is 11.7. The lowest BCUT2D eigenvalue weighted by molar-refractivity contribution is 0.407. The predicted octanol–water partition coefficient (Wildman–Crippen LogP) is 3.64. The van der Waals surface area contributed by atoms with Gasteiger partial charge in [0.1, 0.15) is 11.6 Å². The van der Waals surface area contributed by atoms with Gasteiger partial charge in [-0.3, -0.25) is 0 Å². The number of para-hydroxylation sites is 1. The molecule has 0 aromatic heterocycles. The van der Waals surface area contributed by atoms with Gasteiger partial charge in [-0.15, -0.1) is 0 Å². The van der Waals surface area contributed by atoms with E-state index in [1.165, 1.54) is 6.07 Å². The monoisotopic (exact) mass is 309 g/mol. The van der Waals surface area contributed by atoms with Crippen LogP contribution < -0.4 is 10.5 Å². The van der Waals surface area contributed by atoms with Crippen molar-refractivity contribution < 1.29 is 9.13 Å². The molecule has 0 spiro atoms. The Kier molecular flexibility index (Phi) is 3.99. The molecule has 18 heavy (non-hydrogen) atoms. The van der Waals surface area contributed by atoms with E-state index >= 15 is 0 Å². The van der Waals surface area contributed by atoms with Crippen LogP contribution in [0.1, 0.15) is 17.2 Å². The summed E-state index contributed by atoms with van der Waals surface area (Å²) in [7, 11) is 1.57. The minimum Gasteiger partial charge on any atom is -0.496 e. The second-order valence-electron chi connectivity index (χ2n) is 3.89. The highest BCUT2D eigenvalue weighted by Crippen LogP contribution is 2.30. The first kappa shape index (κ1) is 13.1. The molecule has 0 saturated heterocycles. The van der Waals surface area contributed by atoms with E-state index in [9.17, 15) is 4.39 Å². The van der Waals surface area contributed by atoms with Crippen LogP contribution >= 0.6 is 15.9 Å². The highest BCUT2D eigenvalue weighted by molar-refractivity contribution is 9.10. The van der Waals surface area contributed by atoms with Crippen LogP contribution in [0, 0.1) is 5.82 Å². The fraction of sp³-hybridized carbons (Fsp3) is 0.143. The molecule has 2 rings (SSSR count). The highest BCUT2D eigenvalue weighted by Gasteiger charge is 2.17. The van der Waals surface area contributed by atoms with Gasteiger partial charge in [0.25, 0.3) is 0 Å². The predicted molar refractivity (Wildman–Crippen MR) is 73.1 cm³/mol. The van der Waals surface area contributed by atoms with Gasteiger partial charge in [-0.25, -0.2) is 4.39 Å². The minimum absolute atomic E-state index is 0.331. The first-order valence-electron chi connectivity index (χ1n) is 5.47. The van der Waals surface area contributed by atoms with E-state index in [4.69, 9.17) is 10.5 Å². The van der Waals surface area contributed by atoms with E-state index in [0.717, 1.165) is 5.56 Å². The molecule has 0 aliphatic carbocycles. The van der Waals surface area contributed by atoms with E-state index in [0.29, 0.717) is 15.8 Å². The topological polar surface area (TPSA) is 35.2 Å². The Morgan fingerprint density at radius 3 is 2.56 bits per heavy atom. The van der Waals surface area contributed by atoms with Crippen molar-refractivity contribution in [2.75, 3.05) is 7.11 Å². The van der Waals surface area contributed by atoms with Gasteiger partial charge in [-0.05, 0) is 18.2 Å². The van der Waals surface area contributed by atoms with Crippen molar-refractivity contribution in [3.63, 3.8) is 0 Å². The maximum atomic E-state index is 13.9. The van der Waals surface area contributed by atoms with Gasteiger partial charge in [0.05, 0.1) is 13.2 Å². The maximum Gasteiger partial charge on any atom is 0.129 e. The zero-order valence-corrected chi connectivity index (χ0v) is 11.4. The molecular weight excluding hydrogens is 297 g/mol. The zero-order chi connectivity index (χ0) is 13.1. The fourth-order valence-electron chi connectivity index (χ4n) is 1.84. The molecule has 2 N–H and O–H groups in total. The van der Waals surface area contributed by atoms with Crippen molar-refractivity contribution in [1.29, 1.82) is 0 Å². The molecular formula is C14H13BrFNO. The van der Waals surface area contributed by atoms with Gasteiger partial charge in [0.2, 0.25) is 0 Å². The molecule has 1 unspecified atom stereocenters. The number of nitrogens with two attached hydrogens (primary N) is 1. The molecule has 4 heteroatoms. The lowest BCUT2D eigenvalue weighted by Crippen LogP contribution is -2.14. The Morgan fingerprint density at radius 2 is 1.89 bits per heavy atom. The zero-order valence-electron chi connectivity index (χ0n) is 9.86. The molecule has 1 atom stereocenters. The van der Waals surface area contributed by atoms with E-state index in [2.05, 4.69) is 15.9 Å². The maximum absolute atomic E-state index is 13.9. The summed E-state index contributed by atoms with van der Waals surface area (Å²) in [5.74, 6) is 0.329. The van der Waals surface area contributed by atoms with Crippen molar-refractivity contribution in [2.24, 2.45) is 5.73 Å². The van der Waals surface area contributed by atoms with Crippen molar-refractivity contribution >= 4 is 15.9 Å². The summed E-state index contributed by atoms with van der Waals surface area (Å²) in [5, 5.41) is 0. The average Bonchev–Trinajstić information content (AvgIpc) is 2.38. The standard InChI is InChI=1S/C14H13BrFNO/c1-18-13-5-3-2-4-11(13)14(17)10-7-6-9(15)8-12(10)16/h2-8,14H,17H2,1H3. The normalized spacial score (nSPS) is 12.2. The van der Waals surface area contributed by atoms with Crippen LogP contribution in [0.3, 0.4) is 0 Å². The molecule has 0 heterocycles. The Balaban J connectivity index is 2.44. The summed E-state index contributed by atoms with van der Waals surface area (Å²) in [4.78, 5) is 0. The molecule has 0 amide bonds. The second kappa shape index (κ2) is 5.50. The molecule has 2 aromatic carbocycles. The first-order chi connectivity index (χ1) is 8.63. The average molecular weight is 310 g/mol. The Morgan fingerprint density at radius 1 is 1.17 bits per heavy atom. The third-order valence-corrected chi connectivity index (χ3v) is 3.26. The second-order valence-corrected chi connectivity index (χ2v) is 4.80. The molecule has 0 saturated carbocycles. The van der Waals surface area contributed by atoms with Crippen molar-refractivity contribution in [3.8, 4) is 5.75 Å². The smallest absolute Gasteiger partial charge is 0.129 e. The molecule has 0 aliphatic heterocycles. The molecule has 0 bridgehead atoms. The van der Waals surface area contributed by atoms with Crippen molar-refractivity contribution in [3.05, 3.63) is 63.9 Å². The molecule has 2 aromatic rings. The Labute approximate surface area is 114 Å². The SMILES string of the molecule is COc1ccccc1C(N)c1ccc(Br)cc1F. The van der Waals surface area contributed by atoms with Gasteiger partial charge in [-0.2, -0.15) is 0 Å². The minimum atomic E-state index is -0.547. The van der Waals surface area contributed by atoms with Crippen LogP contribution in [0.2, 0.25) is 0 Å². The number of benzene rings is 2. The quantitative estimate of drug-likeness (QED) is 0.939. The van der Waals surface area contributed by atoms with Crippen LogP contribution in [0.15, 0.2) is 46.9 Å².